The summed E-state index contributed by atoms with van der Waals surface area (Å²) in [4.78, 5) is 4.47. The van der Waals surface area contributed by atoms with E-state index in [1.54, 1.807) is 0 Å². The van der Waals surface area contributed by atoms with Crippen LogP contribution in [0.25, 0.3) is 0 Å². The fourth-order valence-electron chi connectivity index (χ4n) is 8.98. The lowest BCUT2D eigenvalue weighted by Crippen LogP contribution is -2.71. The van der Waals surface area contributed by atoms with Crippen LogP contribution in [0.5, 0.6) is 0 Å². The fourth-order valence-corrected chi connectivity index (χ4v) is 9.50. The average molecular weight is 509 g/mol. The number of aliphatic hydroxyl groups excluding tert-OH is 1. The van der Waals surface area contributed by atoms with Crippen LogP contribution >= 0.6 is 11.6 Å². The smallest absolute Gasteiger partial charge is 0.227 e. The molecule has 5 fully saturated rings. The van der Waals surface area contributed by atoms with Crippen molar-refractivity contribution in [2.75, 3.05) is 33.3 Å². The van der Waals surface area contributed by atoms with Crippen LogP contribution in [-0.4, -0.2) is 66.5 Å². The first-order valence-corrected chi connectivity index (χ1v) is 13.2. The summed E-state index contributed by atoms with van der Waals surface area (Å²) in [5.41, 5.74) is 5.89. The Morgan fingerprint density at radius 3 is 2.77 bits per heavy atom. The first-order valence-electron chi connectivity index (χ1n) is 12.9. The summed E-state index contributed by atoms with van der Waals surface area (Å²) >= 11 is 7.68. The molecule has 1 unspecified atom stereocenters. The van der Waals surface area contributed by atoms with Crippen molar-refractivity contribution in [2.24, 2.45) is 39.5 Å². The molecule has 0 aromatic heterocycles. The standard InChI is InChI=1S/C26H37ClN2O6/c1-16-10-20-19-5-4-17-11-18(29-35-9-8-28)6-7-22(17,2)25(19,27)21(30)12-23(20,3)26(16)24(33-15-34-26)13-31-14-32-24/h6-7,11,16,19-21,30H,4-5,8-10,12-15,28H2,1-3H3/t16-,19+,20+,21+,22+,23+,24?,25+,26-/m1/s1. The molecule has 9 atom stereocenters. The maximum absolute atomic E-state index is 12.0. The van der Waals surface area contributed by atoms with Crippen LogP contribution in [-0.2, 0) is 23.8 Å². The van der Waals surface area contributed by atoms with E-state index < -0.39 is 27.8 Å². The molecule has 0 aromatic carbocycles. The summed E-state index contributed by atoms with van der Waals surface area (Å²) in [5.74, 6) is -0.429. The zero-order valence-electron chi connectivity index (χ0n) is 20.8. The Morgan fingerprint density at radius 2 is 2.03 bits per heavy atom. The van der Waals surface area contributed by atoms with Crippen LogP contribution in [0.1, 0.15) is 46.5 Å². The van der Waals surface area contributed by atoms with Gasteiger partial charge in [-0.3, -0.25) is 0 Å². The van der Waals surface area contributed by atoms with Gasteiger partial charge in [-0.1, -0.05) is 37.6 Å². The van der Waals surface area contributed by atoms with Crippen LogP contribution in [0, 0.1) is 28.6 Å². The Kier molecular flexibility index (Phi) is 5.56. The van der Waals surface area contributed by atoms with E-state index in [2.05, 4.69) is 38.1 Å². The van der Waals surface area contributed by atoms with Crippen LogP contribution in [0.2, 0.25) is 0 Å². The largest absolute Gasteiger partial charge is 0.394 e. The Labute approximate surface area is 211 Å². The normalized spacial score (nSPS) is 53.7. The lowest BCUT2D eigenvalue weighted by molar-refractivity contribution is -0.264. The van der Waals surface area contributed by atoms with Gasteiger partial charge >= 0.3 is 0 Å². The van der Waals surface area contributed by atoms with Gasteiger partial charge in [-0.2, -0.15) is 0 Å². The minimum Gasteiger partial charge on any atom is -0.394 e. The molecule has 0 aromatic rings. The third-order valence-electron chi connectivity index (χ3n) is 10.4. The molecule has 6 rings (SSSR count). The van der Waals surface area contributed by atoms with Gasteiger partial charge in [-0.15, -0.1) is 11.6 Å². The number of aliphatic hydroxyl groups is 1. The lowest BCUT2D eigenvalue weighted by atomic mass is 9.45. The van der Waals surface area contributed by atoms with E-state index in [0.717, 1.165) is 25.0 Å². The quantitative estimate of drug-likeness (QED) is 0.343. The van der Waals surface area contributed by atoms with Crippen molar-refractivity contribution in [3.8, 4) is 0 Å². The highest BCUT2D eigenvalue weighted by Gasteiger charge is 2.81. The molecule has 194 valence electrons. The van der Waals surface area contributed by atoms with Gasteiger partial charge in [-0.25, -0.2) is 0 Å². The Balaban J connectivity index is 1.39. The number of ether oxygens (including phenoxy) is 4. The van der Waals surface area contributed by atoms with Crippen LogP contribution in [0.15, 0.2) is 29.0 Å². The SMILES string of the molecule is C[C@@H]1C[C@H]2[C@@H]3CCC4=CC(=NOCCN)C=C[C@]4(C)[C@@]3(Cl)[C@@H](O)C[C@]2(C)[C@]12OCOC21COCO1. The maximum Gasteiger partial charge on any atom is 0.227 e. The van der Waals surface area contributed by atoms with E-state index >= 15 is 0 Å². The molecule has 2 heterocycles. The minimum absolute atomic E-state index is 0.0992. The third kappa shape index (κ3) is 2.82. The zero-order valence-corrected chi connectivity index (χ0v) is 21.6. The number of fused-ring (bicyclic) bond motifs is 7. The molecular weight excluding hydrogens is 472 g/mol. The highest BCUT2D eigenvalue weighted by atomic mass is 35.5. The molecule has 4 aliphatic carbocycles. The summed E-state index contributed by atoms with van der Waals surface area (Å²) < 4.78 is 24.5. The number of hydrogen-bond acceptors (Lipinski definition) is 8. The molecule has 2 saturated heterocycles. The van der Waals surface area contributed by atoms with E-state index in [1.165, 1.54) is 5.57 Å². The molecule has 2 aliphatic heterocycles. The number of nitrogens with zero attached hydrogens (tertiary/aromatic N) is 1. The van der Waals surface area contributed by atoms with Crippen molar-refractivity contribution < 1.29 is 28.9 Å². The zero-order chi connectivity index (χ0) is 24.7. The van der Waals surface area contributed by atoms with Crippen molar-refractivity contribution in [3.63, 3.8) is 0 Å². The molecule has 3 N–H and O–H groups in total. The first kappa shape index (κ1) is 24.3. The second kappa shape index (κ2) is 8.00. The topological polar surface area (TPSA) is 105 Å². The van der Waals surface area contributed by atoms with E-state index in [9.17, 15) is 5.11 Å². The maximum atomic E-state index is 12.0. The van der Waals surface area contributed by atoms with Gasteiger partial charge in [0.2, 0.25) is 5.79 Å². The molecule has 0 radical (unpaired) electrons. The molecule has 35 heavy (non-hydrogen) atoms. The van der Waals surface area contributed by atoms with E-state index in [0.29, 0.717) is 26.2 Å². The Bertz CT molecular complexity index is 975. The number of hydrogen-bond donors (Lipinski definition) is 2. The van der Waals surface area contributed by atoms with Gasteiger partial charge < -0.3 is 34.6 Å². The van der Waals surface area contributed by atoms with Crippen molar-refractivity contribution in [1.82, 2.24) is 0 Å². The second-order valence-corrected chi connectivity index (χ2v) is 12.3. The van der Waals surface area contributed by atoms with Crippen LogP contribution < -0.4 is 5.73 Å². The predicted octanol–water partition coefficient (Wildman–Crippen LogP) is 3.08. The molecule has 2 spiro atoms. The van der Waals surface area contributed by atoms with Crippen molar-refractivity contribution in [1.29, 1.82) is 0 Å². The van der Waals surface area contributed by atoms with Crippen LogP contribution in [0.3, 0.4) is 0 Å². The van der Waals surface area contributed by atoms with E-state index in [-0.39, 0.29) is 36.8 Å². The summed E-state index contributed by atoms with van der Waals surface area (Å²) in [5, 5.41) is 16.2. The third-order valence-corrected chi connectivity index (χ3v) is 11.3. The molecule has 6 aliphatic rings. The number of allylic oxidation sites excluding steroid dienone is 4. The summed E-state index contributed by atoms with van der Waals surface area (Å²) in [6, 6.07) is 0. The summed E-state index contributed by atoms with van der Waals surface area (Å²) in [6.45, 7) is 8.14. The molecular formula is C26H37ClN2O6. The van der Waals surface area contributed by atoms with Crippen LogP contribution in [0.4, 0.5) is 0 Å². The van der Waals surface area contributed by atoms with Gasteiger partial charge in [0.25, 0.3) is 0 Å². The van der Waals surface area contributed by atoms with Crippen molar-refractivity contribution in [2.45, 2.75) is 68.8 Å². The van der Waals surface area contributed by atoms with Gasteiger partial charge in [0.1, 0.15) is 24.5 Å². The molecule has 8 nitrogen and oxygen atoms in total. The monoisotopic (exact) mass is 508 g/mol. The lowest BCUT2D eigenvalue weighted by Gasteiger charge is -2.64. The number of oxime groups is 1. The molecule has 0 bridgehead atoms. The molecule has 0 amide bonds. The second-order valence-electron chi connectivity index (χ2n) is 11.6. The highest BCUT2D eigenvalue weighted by molar-refractivity contribution is 6.26. The van der Waals surface area contributed by atoms with Gasteiger partial charge in [-0.05, 0) is 55.6 Å². The number of nitrogens with two attached hydrogens (primary N) is 1. The number of rotatable bonds is 3. The van der Waals surface area contributed by atoms with Crippen molar-refractivity contribution in [3.05, 3.63) is 23.8 Å². The molecule has 9 heteroatoms. The summed E-state index contributed by atoms with van der Waals surface area (Å²) in [7, 11) is 0. The minimum atomic E-state index is -0.939. The van der Waals surface area contributed by atoms with E-state index in [1.807, 2.05) is 6.08 Å². The molecule has 3 saturated carbocycles. The van der Waals surface area contributed by atoms with Gasteiger partial charge in [0.05, 0.1) is 11.0 Å². The number of alkyl halides is 1. The average Bonchev–Trinajstić information content (AvgIpc) is 3.51. The first-order chi connectivity index (χ1) is 16.7. The Hall–Kier alpha value is -1.00. The van der Waals surface area contributed by atoms with E-state index in [4.69, 9.17) is 41.1 Å². The van der Waals surface area contributed by atoms with Gasteiger partial charge in [0.15, 0.2) is 13.6 Å². The summed E-state index contributed by atoms with van der Waals surface area (Å²) in [6.07, 6.45) is 8.63. The number of halogens is 1. The van der Waals surface area contributed by atoms with Gasteiger partial charge in [0, 0.05) is 17.4 Å². The Morgan fingerprint density at radius 1 is 1.23 bits per heavy atom. The fraction of sp³-hybridized carbons (Fsp3) is 0.808. The predicted molar refractivity (Wildman–Crippen MR) is 129 cm³/mol. The van der Waals surface area contributed by atoms with Crippen molar-refractivity contribution >= 4 is 17.3 Å². The highest BCUT2D eigenvalue weighted by Crippen LogP contribution is 2.74.